The number of methoxy groups -OCH3 is 2. The summed E-state index contributed by atoms with van der Waals surface area (Å²) in [5.74, 6) is 1.18. The maximum absolute atomic E-state index is 13.2. The van der Waals surface area contributed by atoms with Gasteiger partial charge in [-0.3, -0.25) is 9.69 Å². The second-order valence-corrected chi connectivity index (χ2v) is 7.40. The van der Waals surface area contributed by atoms with Crippen LogP contribution in [-0.2, 0) is 16.1 Å². The summed E-state index contributed by atoms with van der Waals surface area (Å²) in [6.07, 6.45) is -0.500. The Bertz CT molecular complexity index is 830. The van der Waals surface area contributed by atoms with Gasteiger partial charge in [0.25, 0.3) is 0 Å². The molecule has 1 N–H and O–H groups in total. The van der Waals surface area contributed by atoms with Gasteiger partial charge in [0.05, 0.1) is 40.0 Å². The van der Waals surface area contributed by atoms with E-state index in [9.17, 15) is 9.90 Å². The third kappa shape index (κ3) is 5.11. The van der Waals surface area contributed by atoms with Crippen molar-refractivity contribution in [1.82, 2.24) is 9.80 Å². The number of hydrogen-bond donors (Lipinski definition) is 1. The minimum absolute atomic E-state index is 0.00466. The van der Waals surface area contributed by atoms with Crippen LogP contribution in [0.15, 0.2) is 48.5 Å². The zero-order valence-electron chi connectivity index (χ0n) is 17.8. The fraction of sp³-hybridized carbons (Fsp3) is 0.435. The van der Waals surface area contributed by atoms with Crippen molar-refractivity contribution in [1.29, 1.82) is 0 Å². The number of ether oxygens (including phenoxy) is 3. The van der Waals surface area contributed by atoms with Gasteiger partial charge in [-0.15, -0.1) is 0 Å². The van der Waals surface area contributed by atoms with Crippen molar-refractivity contribution in [3.8, 4) is 11.5 Å². The van der Waals surface area contributed by atoms with E-state index in [-0.39, 0.29) is 19.1 Å². The largest absolute Gasteiger partial charge is 0.493 e. The molecular formula is C23H30N2O5. The molecule has 7 nitrogen and oxygen atoms in total. The highest BCUT2D eigenvalue weighted by molar-refractivity contribution is 5.79. The van der Waals surface area contributed by atoms with Gasteiger partial charge in [-0.2, -0.15) is 0 Å². The summed E-state index contributed by atoms with van der Waals surface area (Å²) < 4.78 is 16.5. The van der Waals surface area contributed by atoms with Crippen LogP contribution in [-0.4, -0.2) is 74.5 Å². The number of morpholine rings is 1. The van der Waals surface area contributed by atoms with Crippen LogP contribution in [0.3, 0.4) is 0 Å². The molecule has 1 aliphatic rings. The lowest BCUT2D eigenvalue weighted by Gasteiger charge is -2.41. The standard InChI is InChI=1S/C23H30N2O5/c1-24(14-17-7-5-4-6-8-17)15-22(27)25-11-12-30-21(16-26)23(25)18-9-10-19(28-2)20(13-18)29-3/h4-10,13,21,23,26H,11-12,14-16H2,1-3H3/t21-,23-/m1/s1. The van der Waals surface area contributed by atoms with Crippen molar-refractivity contribution < 1.29 is 24.1 Å². The number of nitrogens with zero attached hydrogens (tertiary/aromatic N) is 2. The van der Waals surface area contributed by atoms with Gasteiger partial charge in [0.2, 0.25) is 5.91 Å². The lowest BCUT2D eigenvalue weighted by molar-refractivity contribution is -0.150. The molecule has 0 saturated carbocycles. The predicted molar refractivity (Wildman–Crippen MR) is 114 cm³/mol. The third-order valence-corrected chi connectivity index (χ3v) is 5.30. The van der Waals surface area contributed by atoms with Crippen LogP contribution in [0.1, 0.15) is 17.2 Å². The fourth-order valence-electron chi connectivity index (χ4n) is 3.87. The van der Waals surface area contributed by atoms with Crippen LogP contribution in [0.5, 0.6) is 11.5 Å². The molecule has 3 rings (SSSR count). The van der Waals surface area contributed by atoms with Crippen LogP contribution in [0.2, 0.25) is 0 Å². The highest BCUT2D eigenvalue weighted by atomic mass is 16.5. The van der Waals surface area contributed by atoms with E-state index < -0.39 is 12.1 Å². The summed E-state index contributed by atoms with van der Waals surface area (Å²) in [5.41, 5.74) is 1.99. The van der Waals surface area contributed by atoms with Gasteiger partial charge in [0.1, 0.15) is 6.10 Å². The van der Waals surface area contributed by atoms with Crippen LogP contribution in [0.4, 0.5) is 0 Å². The summed E-state index contributed by atoms with van der Waals surface area (Å²) in [5, 5.41) is 9.90. The number of benzene rings is 2. The van der Waals surface area contributed by atoms with Crippen molar-refractivity contribution >= 4 is 5.91 Å². The number of amides is 1. The Hall–Kier alpha value is -2.61. The lowest BCUT2D eigenvalue weighted by atomic mass is 9.97. The molecule has 2 atom stereocenters. The molecule has 0 aliphatic carbocycles. The molecule has 1 heterocycles. The van der Waals surface area contributed by atoms with E-state index in [1.807, 2.05) is 54.4 Å². The monoisotopic (exact) mass is 414 g/mol. The number of carbonyl (C=O) groups excluding carboxylic acids is 1. The van der Waals surface area contributed by atoms with Crippen molar-refractivity contribution in [2.24, 2.45) is 0 Å². The zero-order valence-corrected chi connectivity index (χ0v) is 17.8. The molecule has 1 aliphatic heterocycles. The Morgan fingerprint density at radius 3 is 2.57 bits per heavy atom. The lowest BCUT2D eigenvalue weighted by Crippen LogP contribution is -2.51. The SMILES string of the molecule is COc1ccc([C@@H]2[C@@H](CO)OCCN2C(=O)CN(C)Cc2ccccc2)cc1OC. The molecule has 2 aromatic carbocycles. The second-order valence-electron chi connectivity index (χ2n) is 7.40. The number of carbonyl (C=O) groups is 1. The summed E-state index contributed by atoms with van der Waals surface area (Å²) in [6.45, 7) is 1.64. The molecule has 162 valence electrons. The Morgan fingerprint density at radius 2 is 1.90 bits per heavy atom. The van der Waals surface area contributed by atoms with E-state index in [0.717, 1.165) is 11.1 Å². The van der Waals surface area contributed by atoms with E-state index in [4.69, 9.17) is 14.2 Å². The molecule has 0 unspecified atom stereocenters. The van der Waals surface area contributed by atoms with Crippen LogP contribution in [0.25, 0.3) is 0 Å². The summed E-state index contributed by atoms with van der Waals surface area (Å²) in [4.78, 5) is 17.0. The van der Waals surface area contributed by atoms with Crippen molar-refractivity contribution in [3.05, 3.63) is 59.7 Å². The van der Waals surface area contributed by atoms with Crippen molar-refractivity contribution in [2.45, 2.75) is 18.7 Å². The Labute approximate surface area is 177 Å². The van der Waals surface area contributed by atoms with Gasteiger partial charge in [-0.25, -0.2) is 0 Å². The molecule has 1 amide bonds. The van der Waals surface area contributed by atoms with Gasteiger partial charge in [-0.05, 0) is 30.3 Å². The summed E-state index contributed by atoms with van der Waals surface area (Å²) in [6, 6.07) is 15.2. The third-order valence-electron chi connectivity index (χ3n) is 5.30. The number of aliphatic hydroxyl groups is 1. The molecule has 0 spiro atoms. The second kappa shape index (κ2) is 10.4. The molecule has 0 aromatic heterocycles. The topological polar surface area (TPSA) is 71.5 Å². The Kier molecular flexibility index (Phi) is 7.68. The van der Waals surface area contributed by atoms with Crippen molar-refractivity contribution in [3.63, 3.8) is 0 Å². The Morgan fingerprint density at radius 1 is 1.17 bits per heavy atom. The molecule has 0 radical (unpaired) electrons. The highest BCUT2D eigenvalue weighted by Crippen LogP contribution is 2.35. The maximum Gasteiger partial charge on any atom is 0.237 e. The highest BCUT2D eigenvalue weighted by Gasteiger charge is 2.36. The van der Waals surface area contributed by atoms with E-state index in [2.05, 4.69) is 0 Å². The van der Waals surface area contributed by atoms with Gasteiger partial charge >= 0.3 is 0 Å². The molecular weight excluding hydrogens is 384 g/mol. The summed E-state index contributed by atoms with van der Waals surface area (Å²) in [7, 11) is 5.08. The van der Waals surface area contributed by atoms with Crippen LogP contribution < -0.4 is 9.47 Å². The summed E-state index contributed by atoms with van der Waals surface area (Å²) >= 11 is 0. The average Bonchev–Trinajstić information content (AvgIpc) is 2.78. The molecule has 2 aromatic rings. The minimum atomic E-state index is -0.500. The molecule has 7 heteroatoms. The van der Waals surface area contributed by atoms with Gasteiger partial charge in [0, 0.05) is 13.1 Å². The smallest absolute Gasteiger partial charge is 0.237 e. The van der Waals surface area contributed by atoms with Gasteiger partial charge in [0.15, 0.2) is 11.5 Å². The van der Waals surface area contributed by atoms with E-state index in [1.165, 1.54) is 0 Å². The number of likely N-dealkylation sites (N-methyl/N-ethyl adjacent to an activating group) is 1. The molecule has 1 saturated heterocycles. The fourth-order valence-corrected chi connectivity index (χ4v) is 3.87. The van der Waals surface area contributed by atoms with E-state index >= 15 is 0 Å². The normalized spacial score (nSPS) is 19.0. The molecule has 1 fully saturated rings. The number of aliphatic hydroxyl groups excluding tert-OH is 1. The van der Waals surface area contributed by atoms with Crippen LogP contribution >= 0.6 is 0 Å². The number of hydrogen-bond acceptors (Lipinski definition) is 6. The zero-order chi connectivity index (χ0) is 21.5. The first-order chi connectivity index (χ1) is 14.6. The van der Waals surface area contributed by atoms with E-state index in [0.29, 0.717) is 31.2 Å². The first-order valence-electron chi connectivity index (χ1n) is 10.0. The van der Waals surface area contributed by atoms with E-state index in [1.54, 1.807) is 25.2 Å². The first kappa shape index (κ1) is 22.1. The Balaban J connectivity index is 1.79. The quantitative estimate of drug-likeness (QED) is 0.713. The van der Waals surface area contributed by atoms with Gasteiger partial charge in [-0.1, -0.05) is 36.4 Å². The van der Waals surface area contributed by atoms with Crippen LogP contribution in [0, 0.1) is 0 Å². The molecule has 0 bridgehead atoms. The average molecular weight is 415 g/mol. The molecule has 30 heavy (non-hydrogen) atoms. The minimum Gasteiger partial charge on any atom is -0.493 e. The number of rotatable bonds is 8. The first-order valence-corrected chi connectivity index (χ1v) is 10.0. The maximum atomic E-state index is 13.2. The van der Waals surface area contributed by atoms with Crippen molar-refractivity contribution in [2.75, 3.05) is 47.6 Å². The van der Waals surface area contributed by atoms with Gasteiger partial charge < -0.3 is 24.2 Å². The predicted octanol–water partition coefficient (Wildman–Crippen LogP) is 2.10.